The number of hydrogen-bond acceptors (Lipinski definition) is 2. The highest BCUT2D eigenvalue weighted by atomic mass is 19.4. The van der Waals surface area contributed by atoms with Crippen molar-refractivity contribution >= 4 is 0 Å². The van der Waals surface area contributed by atoms with Crippen LogP contribution in [-0.2, 0) is 0 Å². The van der Waals surface area contributed by atoms with Crippen LogP contribution in [0.15, 0.2) is 10.5 Å². The molecule has 19 heavy (non-hydrogen) atoms. The summed E-state index contributed by atoms with van der Waals surface area (Å²) in [6.45, 7) is 7.69. The predicted molar refractivity (Wildman–Crippen MR) is 69.1 cm³/mol. The summed E-state index contributed by atoms with van der Waals surface area (Å²) in [5.74, 6) is 1.71. The van der Waals surface area contributed by atoms with Gasteiger partial charge >= 0.3 is 6.18 Å². The van der Waals surface area contributed by atoms with E-state index in [1.807, 2.05) is 33.8 Å². The lowest BCUT2D eigenvalue weighted by Gasteiger charge is -2.20. The second kappa shape index (κ2) is 6.46. The number of aryl methyl sites for hydroxylation is 2. The molecule has 110 valence electrons. The fourth-order valence-electron chi connectivity index (χ4n) is 2.29. The first-order valence-corrected chi connectivity index (χ1v) is 6.59. The van der Waals surface area contributed by atoms with Gasteiger partial charge in [0.15, 0.2) is 0 Å². The zero-order valence-electron chi connectivity index (χ0n) is 11.9. The third-order valence-electron chi connectivity index (χ3n) is 3.18. The Hall–Kier alpha value is -0.970. The van der Waals surface area contributed by atoms with Gasteiger partial charge in [0.2, 0.25) is 0 Å². The van der Waals surface area contributed by atoms with Crippen molar-refractivity contribution in [1.29, 1.82) is 0 Å². The Morgan fingerprint density at radius 1 is 1.26 bits per heavy atom. The van der Waals surface area contributed by atoms with Crippen LogP contribution >= 0.6 is 0 Å². The van der Waals surface area contributed by atoms with Crippen LogP contribution in [0.2, 0.25) is 0 Å². The van der Waals surface area contributed by atoms with Crippen LogP contribution in [0.25, 0.3) is 0 Å². The minimum Gasteiger partial charge on any atom is -0.466 e. The van der Waals surface area contributed by atoms with Gasteiger partial charge in [0.05, 0.1) is 0 Å². The molecule has 0 radical (unpaired) electrons. The Labute approximate surface area is 112 Å². The lowest BCUT2D eigenvalue weighted by atomic mass is 10.1. The van der Waals surface area contributed by atoms with E-state index < -0.39 is 12.6 Å². The molecule has 2 nitrogen and oxygen atoms in total. The molecule has 2 atom stereocenters. The standard InChI is InChI=1S/C14H22F3NO/c1-9(6-5-7-14(15,16)17)18-11(3)13-8-10(2)19-12(13)4/h8-9,11,18H,5-7H2,1-4H3. The summed E-state index contributed by atoms with van der Waals surface area (Å²) in [4.78, 5) is 0. The van der Waals surface area contributed by atoms with Gasteiger partial charge in [-0.1, -0.05) is 0 Å². The van der Waals surface area contributed by atoms with Gasteiger partial charge in [-0.2, -0.15) is 13.2 Å². The summed E-state index contributed by atoms with van der Waals surface area (Å²) >= 11 is 0. The molecular formula is C14H22F3NO. The number of alkyl halides is 3. The molecule has 1 aromatic rings. The van der Waals surface area contributed by atoms with Crippen LogP contribution in [0.1, 0.15) is 56.2 Å². The van der Waals surface area contributed by atoms with Crippen molar-refractivity contribution in [2.45, 2.75) is 65.2 Å². The van der Waals surface area contributed by atoms with Gasteiger partial charge in [-0.25, -0.2) is 0 Å². The Kier molecular flexibility index (Phi) is 5.47. The maximum atomic E-state index is 12.1. The number of nitrogens with one attached hydrogen (secondary N) is 1. The number of furan rings is 1. The first-order valence-electron chi connectivity index (χ1n) is 6.59. The van der Waals surface area contributed by atoms with Crippen LogP contribution in [0.3, 0.4) is 0 Å². The minimum atomic E-state index is -4.05. The molecule has 0 saturated heterocycles. The van der Waals surface area contributed by atoms with E-state index in [4.69, 9.17) is 4.42 Å². The zero-order chi connectivity index (χ0) is 14.6. The molecule has 1 rings (SSSR count). The smallest absolute Gasteiger partial charge is 0.389 e. The third-order valence-corrected chi connectivity index (χ3v) is 3.18. The Bertz CT molecular complexity index is 398. The molecule has 0 aliphatic rings. The first kappa shape index (κ1) is 16.1. The van der Waals surface area contributed by atoms with Crippen molar-refractivity contribution in [1.82, 2.24) is 5.32 Å². The first-order chi connectivity index (χ1) is 8.69. The molecule has 0 aliphatic heterocycles. The van der Waals surface area contributed by atoms with Gasteiger partial charge in [0.1, 0.15) is 11.5 Å². The average molecular weight is 277 g/mol. The summed E-state index contributed by atoms with van der Waals surface area (Å²) in [7, 11) is 0. The van der Waals surface area contributed by atoms with E-state index in [9.17, 15) is 13.2 Å². The van der Waals surface area contributed by atoms with Crippen molar-refractivity contribution in [2.75, 3.05) is 0 Å². The monoisotopic (exact) mass is 277 g/mol. The SMILES string of the molecule is Cc1cc(C(C)NC(C)CCCC(F)(F)F)c(C)o1. The Morgan fingerprint density at radius 3 is 2.37 bits per heavy atom. The van der Waals surface area contributed by atoms with E-state index in [2.05, 4.69) is 5.32 Å². The van der Waals surface area contributed by atoms with Crippen LogP contribution in [-0.4, -0.2) is 12.2 Å². The van der Waals surface area contributed by atoms with Gasteiger partial charge < -0.3 is 9.73 Å². The summed E-state index contributed by atoms with van der Waals surface area (Å²) in [6.07, 6.45) is -4.09. The van der Waals surface area contributed by atoms with Crippen LogP contribution in [0.4, 0.5) is 13.2 Å². The molecule has 1 N–H and O–H groups in total. The molecule has 1 heterocycles. The molecule has 1 aromatic heterocycles. The van der Waals surface area contributed by atoms with Gasteiger partial charge in [-0.05, 0) is 46.6 Å². The van der Waals surface area contributed by atoms with E-state index in [0.717, 1.165) is 17.1 Å². The summed E-state index contributed by atoms with van der Waals surface area (Å²) in [5, 5.41) is 3.31. The highest BCUT2D eigenvalue weighted by molar-refractivity contribution is 5.23. The van der Waals surface area contributed by atoms with E-state index in [0.29, 0.717) is 6.42 Å². The number of rotatable bonds is 6. The zero-order valence-corrected chi connectivity index (χ0v) is 11.9. The predicted octanol–water partition coefficient (Wildman–Crippen LogP) is 4.67. The molecule has 0 aromatic carbocycles. The van der Waals surface area contributed by atoms with Gasteiger partial charge in [-0.15, -0.1) is 0 Å². The van der Waals surface area contributed by atoms with E-state index in [1.54, 1.807) is 0 Å². The van der Waals surface area contributed by atoms with Gasteiger partial charge in [0, 0.05) is 24.1 Å². The minimum absolute atomic E-state index is 0.0481. The molecule has 0 amide bonds. The van der Waals surface area contributed by atoms with E-state index in [-0.39, 0.29) is 18.5 Å². The van der Waals surface area contributed by atoms with Crippen LogP contribution < -0.4 is 5.32 Å². The maximum absolute atomic E-state index is 12.1. The molecule has 0 bridgehead atoms. The van der Waals surface area contributed by atoms with Crippen molar-refractivity contribution in [3.05, 3.63) is 23.2 Å². The Morgan fingerprint density at radius 2 is 1.89 bits per heavy atom. The average Bonchev–Trinajstić information content (AvgIpc) is 2.55. The van der Waals surface area contributed by atoms with Crippen LogP contribution in [0.5, 0.6) is 0 Å². The molecule has 2 unspecified atom stereocenters. The largest absolute Gasteiger partial charge is 0.466 e. The second-order valence-electron chi connectivity index (χ2n) is 5.17. The molecular weight excluding hydrogens is 255 g/mol. The van der Waals surface area contributed by atoms with Crippen molar-refractivity contribution < 1.29 is 17.6 Å². The van der Waals surface area contributed by atoms with Crippen molar-refractivity contribution in [3.63, 3.8) is 0 Å². The topological polar surface area (TPSA) is 25.2 Å². The molecule has 0 saturated carbocycles. The summed E-state index contributed by atoms with van der Waals surface area (Å²) in [6, 6.07) is 2.10. The van der Waals surface area contributed by atoms with Gasteiger partial charge in [-0.3, -0.25) is 0 Å². The quantitative estimate of drug-likeness (QED) is 0.817. The molecule has 5 heteroatoms. The molecule has 0 aliphatic carbocycles. The third kappa shape index (κ3) is 5.68. The summed E-state index contributed by atoms with van der Waals surface area (Å²) in [5.41, 5.74) is 1.07. The fourth-order valence-corrected chi connectivity index (χ4v) is 2.29. The van der Waals surface area contributed by atoms with Crippen molar-refractivity contribution in [2.24, 2.45) is 0 Å². The van der Waals surface area contributed by atoms with E-state index in [1.165, 1.54) is 0 Å². The highest BCUT2D eigenvalue weighted by Crippen LogP contribution is 2.24. The van der Waals surface area contributed by atoms with Gasteiger partial charge in [0.25, 0.3) is 0 Å². The lowest BCUT2D eigenvalue weighted by molar-refractivity contribution is -0.135. The van der Waals surface area contributed by atoms with E-state index >= 15 is 0 Å². The van der Waals surface area contributed by atoms with Crippen LogP contribution in [0, 0.1) is 13.8 Å². The van der Waals surface area contributed by atoms with Crippen molar-refractivity contribution in [3.8, 4) is 0 Å². The summed E-state index contributed by atoms with van der Waals surface area (Å²) < 4.78 is 41.6. The Balaban J connectivity index is 2.40. The number of hydrogen-bond donors (Lipinski definition) is 1. The highest BCUT2D eigenvalue weighted by Gasteiger charge is 2.26. The fraction of sp³-hybridized carbons (Fsp3) is 0.714. The number of halogens is 3. The lowest BCUT2D eigenvalue weighted by Crippen LogP contribution is -2.29. The normalized spacial score (nSPS) is 15.5. The maximum Gasteiger partial charge on any atom is 0.389 e. The molecule has 0 spiro atoms. The molecule has 0 fully saturated rings. The second-order valence-corrected chi connectivity index (χ2v) is 5.17.